The second-order valence-corrected chi connectivity index (χ2v) is 3.27. The Morgan fingerprint density at radius 2 is 2.54 bits per heavy atom. The van der Waals surface area contributed by atoms with Crippen LogP contribution in [0.5, 0.6) is 0 Å². The van der Waals surface area contributed by atoms with Crippen LogP contribution in [0.2, 0.25) is 0 Å². The Labute approximate surface area is 76.6 Å². The second kappa shape index (κ2) is 4.11. The first-order valence-electron chi connectivity index (χ1n) is 4.05. The summed E-state index contributed by atoms with van der Waals surface area (Å²) in [6.07, 6.45) is 0. The van der Waals surface area contributed by atoms with Crippen LogP contribution in [0.3, 0.4) is 0 Å². The van der Waals surface area contributed by atoms with Gasteiger partial charge in [0.2, 0.25) is 0 Å². The summed E-state index contributed by atoms with van der Waals surface area (Å²) in [4.78, 5) is 7.45. The van der Waals surface area contributed by atoms with Crippen LogP contribution in [0.4, 0.5) is 0 Å². The molecular weight excluding hydrogens is 170 g/mol. The Morgan fingerprint density at radius 3 is 3.15 bits per heavy atom. The molecule has 0 aromatic carbocycles. The molecule has 1 atom stereocenters. The first-order valence-corrected chi connectivity index (χ1v) is 4.05. The smallest absolute Gasteiger partial charge is 0.106 e. The van der Waals surface area contributed by atoms with Crippen molar-refractivity contribution in [2.24, 2.45) is 15.7 Å². The van der Waals surface area contributed by atoms with Crippen LogP contribution < -0.4 is 5.32 Å². The van der Waals surface area contributed by atoms with Gasteiger partial charge in [0, 0.05) is 30.0 Å². The van der Waals surface area contributed by atoms with Crippen LogP contribution >= 0.6 is 0 Å². The Hall–Kier alpha value is -1.26. The zero-order chi connectivity index (χ0) is 9.73. The van der Waals surface area contributed by atoms with Crippen molar-refractivity contribution >= 4 is 5.71 Å². The average molecular weight is 183 g/mol. The predicted molar refractivity (Wildman–Crippen MR) is 49.4 cm³/mol. The third kappa shape index (κ3) is 2.11. The molecule has 1 aliphatic heterocycles. The largest absolute Gasteiger partial charge is 0.399 e. The van der Waals surface area contributed by atoms with Crippen molar-refractivity contribution in [3.8, 4) is 0 Å². The molecule has 1 rings (SSSR count). The zero-order valence-electron chi connectivity index (χ0n) is 7.82. The van der Waals surface area contributed by atoms with Gasteiger partial charge >= 0.3 is 0 Å². The van der Waals surface area contributed by atoms with E-state index >= 15 is 0 Å². The molecule has 0 saturated carbocycles. The number of nitrogens with zero attached hydrogens (tertiary/aromatic N) is 4. The summed E-state index contributed by atoms with van der Waals surface area (Å²) >= 11 is 0. The Kier molecular flexibility index (Phi) is 3.11. The van der Waals surface area contributed by atoms with E-state index in [4.69, 9.17) is 10.4 Å². The molecule has 0 bridgehead atoms. The number of oxime groups is 1. The van der Waals surface area contributed by atoms with Gasteiger partial charge in [-0.25, -0.2) is 0 Å². The van der Waals surface area contributed by atoms with Crippen LogP contribution in [0.25, 0.3) is 10.4 Å². The quantitative estimate of drug-likeness (QED) is 0.305. The average Bonchev–Trinajstić information content (AvgIpc) is 2.46. The lowest BCUT2D eigenvalue weighted by atomic mass is 9.88. The lowest BCUT2D eigenvalue weighted by Crippen LogP contribution is -2.30. The van der Waals surface area contributed by atoms with E-state index in [1.807, 2.05) is 6.92 Å². The third-order valence-electron chi connectivity index (χ3n) is 2.19. The van der Waals surface area contributed by atoms with E-state index in [9.17, 15) is 0 Å². The molecule has 0 spiro atoms. The van der Waals surface area contributed by atoms with Gasteiger partial charge in [0.05, 0.1) is 5.71 Å². The lowest BCUT2D eigenvalue weighted by Gasteiger charge is -2.19. The van der Waals surface area contributed by atoms with E-state index in [-0.39, 0.29) is 5.41 Å². The minimum atomic E-state index is -0.192. The van der Waals surface area contributed by atoms with Crippen LogP contribution in [0, 0.1) is 5.41 Å². The fourth-order valence-corrected chi connectivity index (χ4v) is 1.36. The van der Waals surface area contributed by atoms with Gasteiger partial charge in [-0.2, -0.15) is 0 Å². The fraction of sp³-hybridized carbons (Fsp3) is 0.857. The number of rotatable bonds is 3. The molecule has 13 heavy (non-hydrogen) atoms. The monoisotopic (exact) mass is 183 g/mol. The standard InChI is InChI=1S/C7H13N5O/c1-7(5-10-12-8)4-9-3-6(7)11-13-2/h9H,3-5H2,1-2H3. The minimum Gasteiger partial charge on any atom is -0.399 e. The number of hydrogen-bond donors (Lipinski definition) is 1. The molecule has 1 unspecified atom stereocenters. The molecule has 72 valence electrons. The second-order valence-electron chi connectivity index (χ2n) is 3.27. The fourth-order valence-electron chi connectivity index (χ4n) is 1.36. The lowest BCUT2D eigenvalue weighted by molar-refractivity contribution is 0.209. The molecule has 1 fully saturated rings. The highest BCUT2D eigenvalue weighted by Crippen LogP contribution is 2.22. The van der Waals surface area contributed by atoms with Gasteiger partial charge < -0.3 is 10.2 Å². The van der Waals surface area contributed by atoms with Gasteiger partial charge in [-0.3, -0.25) is 0 Å². The molecule has 0 aromatic heterocycles. The van der Waals surface area contributed by atoms with Gasteiger partial charge in [0.1, 0.15) is 7.11 Å². The summed E-state index contributed by atoms with van der Waals surface area (Å²) in [7, 11) is 1.51. The van der Waals surface area contributed by atoms with E-state index in [1.165, 1.54) is 7.11 Å². The summed E-state index contributed by atoms with van der Waals surface area (Å²) in [5.41, 5.74) is 8.94. The highest BCUT2D eigenvalue weighted by atomic mass is 16.6. The van der Waals surface area contributed by atoms with Crippen molar-refractivity contribution < 1.29 is 4.84 Å². The topological polar surface area (TPSA) is 82.4 Å². The van der Waals surface area contributed by atoms with E-state index in [0.717, 1.165) is 12.3 Å². The Balaban J connectivity index is 2.74. The van der Waals surface area contributed by atoms with Crippen LogP contribution in [-0.2, 0) is 4.84 Å². The van der Waals surface area contributed by atoms with E-state index in [0.29, 0.717) is 13.1 Å². The highest BCUT2D eigenvalue weighted by molar-refractivity contribution is 5.93. The number of hydrogen-bond acceptors (Lipinski definition) is 4. The Morgan fingerprint density at radius 1 is 1.77 bits per heavy atom. The SMILES string of the molecule is CON=C1CNCC1(C)CN=[N+]=[N-]. The molecule has 0 aliphatic carbocycles. The summed E-state index contributed by atoms with van der Waals surface area (Å²) in [5.74, 6) is 0. The summed E-state index contributed by atoms with van der Waals surface area (Å²) < 4.78 is 0. The normalized spacial score (nSPS) is 30.2. The zero-order valence-corrected chi connectivity index (χ0v) is 7.82. The molecule has 1 N–H and O–H groups in total. The maximum atomic E-state index is 8.22. The molecule has 1 saturated heterocycles. The van der Waals surface area contributed by atoms with E-state index in [1.54, 1.807) is 0 Å². The molecule has 1 heterocycles. The number of nitrogens with one attached hydrogen (secondary N) is 1. The molecule has 0 radical (unpaired) electrons. The van der Waals surface area contributed by atoms with Crippen LogP contribution in [0.1, 0.15) is 6.92 Å². The van der Waals surface area contributed by atoms with Crippen molar-refractivity contribution in [3.63, 3.8) is 0 Å². The Bertz CT molecular complexity index is 258. The highest BCUT2D eigenvalue weighted by Gasteiger charge is 2.35. The molecule has 1 aliphatic rings. The third-order valence-corrected chi connectivity index (χ3v) is 2.19. The van der Waals surface area contributed by atoms with Crippen molar-refractivity contribution in [1.82, 2.24) is 5.32 Å². The van der Waals surface area contributed by atoms with Crippen LogP contribution in [0.15, 0.2) is 10.3 Å². The maximum absolute atomic E-state index is 8.22. The van der Waals surface area contributed by atoms with Crippen molar-refractivity contribution in [3.05, 3.63) is 10.4 Å². The molecule has 6 nitrogen and oxygen atoms in total. The maximum Gasteiger partial charge on any atom is 0.106 e. The van der Waals surface area contributed by atoms with Gasteiger partial charge in [-0.1, -0.05) is 17.2 Å². The number of azide groups is 1. The first-order chi connectivity index (χ1) is 6.23. The van der Waals surface area contributed by atoms with Crippen LogP contribution in [-0.4, -0.2) is 32.5 Å². The van der Waals surface area contributed by atoms with E-state index in [2.05, 4.69) is 20.5 Å². The predicted octanol–water partition coefficient (Wildman–Crippen LogP) is 0.909. The van der Waals surface area contributed by atoms with E-state index < -0.39 is 0 Å². The van der Waals surface area contributed by atoms with Gasteiger partial charge in [0.15, 0.2) is 0 Å². The molecule has 6 heteroatoms. The molecule has 0 aromatic rings. The summed E-state index contributed by atoms with van der Waals surface area (Å²) in [6, 6.07) is 0. The molecular formula is C7H13N5O. The van der Waals surface area contributed by atoms with Crippen molar-refractivity contribution in [2.45, 2.75) is 6.92 Å². The van der Waals surface area contributed by atoms with Gasteiger partial charge in [-0.05, 0) is 5.53 Å². The summed E-state index contributed by atoms with van der Waals surface area (Å²) in [6.45, 7) is 3.89. The van der Waals surface area contributed by atoms with Gasteiger partial charge in [0.25, 0.3) is 0 Å². The first kappa shape index (κ1) is 9.83. The molecule has 0 amide bonds. The van der Waals surface area contributed by atoms with Crippen molar-refractivity contribution in [2.75, 3.05) is 26.7 Å². The minimum absolute atomic E-state index is 0.192. The van der Waals surface area contributed by atoms with Crippen molar-refractivity contribution in [1.29, 1.82) is 0 Å². The van der Waals surface area contributed by atoms with Gasteiger partial charge in [-0.15, -0.1) is 0 Å². The summed E-state index contributed by atoms with van der Waals surface area (Å²) in [5, 5.41) is 10.6.